The van der Waals surface area contributed by atoms with Crippen molar-refractivity contribution in [2.45, 2.75) is 65.9 Å². The molecule has 0 amide bonds. The summed E-state index contributed by atoms with van der Waals surface area (Å²) in [6.07, 6.45) is 9.78. The third-order valence-electron chi connectivity index (χ3n) is 3.45. The lowest BCUT2D eigenvalue weighted by Gasteiger charge is -2.24. The van der Waals surface area contributed by atoms with E-state index in [2.05, 4.69) is 26.8 Å². The predicted molar refractivity (Wildman–Crippen MR) is 82.3 cm³/mol. The second kappa shape index (κ2) is 9.08. The lowest BCUT2D eigenvalue weighted by Crippen LogP contribution is -2.22. The van der Waals surface area contributed by atoms with Crippen LogP contribution in [0.15, 0.2) is 23.8 Å². The van der Waals surface area contributed by atoms with Gasteiger partial charge < -0.3 is 4.74 Å². The molecule has 0 bridgehead atoms. The zero-order valence-electron chi connectivity index (χ0n) is 13.5. The van der Waals surface area contributed by atoms with Crippen LogP contribution in [0.3, 0.4) is 0 Å². The topological polar surface area (TPSA) is 26.3 Å². The maximum Gasteiger partial charge on any atom is 0.155 e. The first-order chi connectivity index (χ1) is 8.80. The van der Waals surface area contributed by atoms with E-state index in [-0.39, 0.29) is 11.4 Å². The lowest BCUT2D eigenvalue weighted by atomic mass is 9.93. The van der Waals surface area contributed by atoms with Crippen LogP contribution in [-0.2, 0) is 9.53 Å². The van der Waals surface area contributed by atoms with E-state index >= 15 is 0 Å². The van der Waals surface area contributed by atoms with E-state index in [1.807, 2.05) is 19.9 Å². The Morgan fingerprint density at radius 3 is 2.53 bits per heavy atom. The molecule has 0 saturated carbocycles. The number of hydrogen-bond donors (Lipinski definition) is 0. The normalized spacial score (nSPS) is 14.9. The number of methoxy groups -OCH3 is 1. The molecule has 0 aromatic heterocycles. The molecule has 0 aromatic rings. The zero-order chi connectivity index (χ0) is 14.9. The van der Waals surface area contributed by atoms with Gasteiger partial charge in [0.15, 0.2) is 5.78 Å². The van der Waals surface area contributed by atoms with Crippen molar-refractivity contribution in [3.8, 4) is 0 Å². The summed E-state index contributed by atoms with van der Waals surface area (Å²) in [7, 11) is 1.77. The highest BCUT2D eigenvalue weighted by Gasteiger charge is 2.16. The van der Waals surface area contributed by atoms with Gasteiger partial charge in [0.2, 0.25) is 0 Å². The van der Waals surface area contributed by atoms with Gasteiger partial charge in [-0.25, -0.2) is 0 Å². The molecular formula is C17H30O2. The first-order valence-corrected chi connectivity index (χ1v) is 7.23. The molecule has 1 atom stereocenters. The largest absolute Gasteiger partial charge is 0.379 e. The van der Waals surface area contributed by atoms with Crippen molar-refractivity contribution < 1.29 is 9.53 Å². The molecule has 19 heavy (non-hydrogen) atoms. The Labute approximate surface area is 118 Å². The Bertz CT molecular complexity index is 324. The molecule has 2 nitrogen and oxygen atoms in total. The summed E-state index contributed by atoms with van der Waals surface area (Å²) in [6, 6.07) is 0. The van der Waals surface area contributed by atoms with Crippen LogP contribution < -0.4 is 0 Å². The molecule has 0 saturated heterocycles. The number of allylic oxidation sites excluding steroid dienone is 4. The minimum atomic E-state index is -0.0264. The van der Waals surface area contributed by atoms with Crippen LogP contribution in [0, 0.1) is 5.92 Å². The molecule has 0 aliphatic carbocycles. The smallest absolute Gasteiger partial charge is 0.155 e. The number of rotatable bonds is 9. The molecule has 0 aliphatic rings. The fraction of sp³-hybridized carbons (Fsp3) is 0.706. The standard InChI is InChI=1S/C17H30O2/c1-7-16(18)13-15(3)10-8-9-14(2)11-12-17(4,5)19-6/h8,10,13-14H,7,9,11-12H2,1-6H3/b10-8+,15-13+. The molecule has 0 spiro atoms. The minimum Gasteiger partial charge on any atom is -0.379 e. The highest BCUT2D eigenvalue weighted by atomic mass is 16.5. The number of hydrogen-bond acceptors (Lipinski definition) is 2. The lowest BCUT2D eigenvalue weighted by molar-refractivity contribution is -0.114. The van der Waals surface area contributed by atoms with Gasteiger partial charge in [-0.2, -0.15) is 0 Å². The summed E-state index contributed by atoms with van der Waals surface area (Å²) >= 11 is 0. The van der Waals surface area contributed by atoms with Crippen molar-refractivity contribution in [2.24, 2.45) is 5.92 Å². The predicted octanol–water partition coefficient (Wildman–Crippen LogP) is 4.70. The molecule has 2 heteroatoms. The fourth-order valence-electron chi connectivity index (χ4n) is 1.70. The van der Waals surface area contributed by atoms with E-state index < -0.39 is 0 Å². The Balaban J connectivity index is 4.06. The number of carbonyl (C=O) groups excluding carboxylic acids is 1. The minimum absolute atomic E-state index is 0.0264. The Hall–Kier alpha value is -0.890. The summed E-state index contributed by atoms with van der Waals surface area (Å²) < 4.78 is 5.42. The average molecular weight is 266 g/mol. The van der Waals surface area contributed by atoms with Gasteiger partial charge in [-0.15, -0.1) is 0 Å². The highest BCUT2D eigenvalue weighted by Crippen LogP contribution is 2.21. The summed E-state index contributed by atoms with van der Waals surface area (Å²) in [5.74, 6) is 0.831. The van der Waals surface area contributed by atoms with Gasteiger partial charge in [-0.1, -0.05) is 26.0 Å². The molecule has 0 aliphatic heterocycles. The van der Waals surface area contributed by atoms with Gasteiger partial charge in [0.25, 0.3) is 0 Å². The summed E-state index contributed by atoms with van der Waals surface area (Å²) in [5, 5.41) is 0. The molecule has 0 N–H and O–H groups in total. The molecule has 0 radical (unpaired) electrons. The summed E-state index contributed by atoms with van der Waals surface area (Å²) in [4.78, 5) is 11.2. The fourth-order valence-corrected chi connectivity index (χ4v) is 1.70. The Kier molecular flexibility index (Phi) is 8.66. The van der Waals surface area contributed by atoms with Crippen LogP contribution in [0.25, 0.3) is 0 Å². The van der Waals surface area contributed by atoms with Gasteiger partial charge >= 0.3 is 0 Å². The molecular weight excluding hydrogens is 236 g/mol. The van der Waals surface area contributed by atoms with E-state index in [0.29, 0.717) is 12.3 Å². The van der Waals surface area contributed by atoms with Gasteiger partial charge in [0.1, 0.15) is 0 Å². The van der Waals surface area contributed by atoms with E-state index in [0.717, 1.165) is 24.8 Å². The van der Waals surface area contributed by atoms with Gasteiger partial charge in [0, 0.05) is 13.5 Å². The average Bonchev–Trinajstić information content (AvgIpc) is 2.36. The quantitative estimate of drug-likeness (QED) is 0.446. The van der Waals surface area contributed by atoms with Crippen molar-refractivity contribution in [3.05, 3.63) is 23.8 Å². The van der Waals surface area contributed by atoms with Crippen molar-refractivity contribution in [1.82, 2.24) is 0 Å². The Morgan fingerprint density at radius 1 is 1.37 bits per heavy atom. The third kappa shape index (κ3) is 9.66. The molecule has 1 unspecified atom stereocenters. The molecule has 110 valence electrons. The highest BCUT2D eigenvalue weighted by molar-refractivity contribution is 5.90. The molecule has 0 fully saturated rings. The molecule has 0 rings (SSSR count). The second-order valence-electron chi connectivity index (χ2n) is 5.95. The number of ether oxygens (including phenoxy) is 1. The third-order valence-corrected chi connectivity index (χ3v) is 3.45. The van der Waals surface area contributed by atoms with Gasteiger partial charge in [-0.3, -0.25) is 4.79 Å². The number of ketones is 1. The molecule has 0 aromatic carbocycles. The van der Waals surface area contributed by atoms with Crippen LogP contribution >= 0.6 is 0 Å². The number of carbonyl (C=O) groups is 1. The van der Waals surface area contributed by atoms with E-state index in [9.17, 15) is 4.79 Å². The van der Waals surface area contributed by atoms with Crippen LogP contribution in [-0.4, -0.2) is 18.5 Å². The van der Waals surface area contributed by atoms with Crippen molar-refractivity contribution >= 4 is 5.78 Å². The van der Waals surface area contributed by atoms with Crippen LogP contribution in [0.1, 0.15) is 60.3 Å². The van der Waals surface area contributed by atoms with Crippen LogP contribution in [0.5, 0.6) is 0 Å². The van der Waals surface area contributed by atoms with Crippen LogP contribution in [0.2, 0.25) is 0 Å². The van der Waals surface area contributed by atoms with E-state index in [1.165, 1.54) is 0 Å². The maximum absolute atomic E-state index is 11.2. The summed E-state index contributed by atoms with van der Waals surface area (Å²) in [5.41, 5.74) is 1.01. The van der Waals surface area contributed by atoms with Crippen LogP contribution in [0.4, 0.5) is 0 Å². The summed E-state index contributed by atoms with van der Waals surface area (Å²) in [6.45, 7) is 10.4. The van der Waals surface area contributed by atoms with E-state index in [1.54, 1.807) is 13.2 Å². The molecule has 0 heterocycles. The maximum atomic E-state index is 11.2. The van der Waals surface area contributed by atoms with Crippen molar-refractivity contribution in [2.75, 3.05) is 7.11 Å². The Morgan fingerprint density at radius 2 is 2.00 bits per heavy atom. The van der Waals surface area contributed by atoms with Gasteiger partial charge in [-0.05, 0) is 57.6 Å². The zero-order valence-corrected chi connectivity index (χ0v) is 13.5. The monoisotopic (exact) mass is 266 g/mol. The van der Waals surface area contributed by atoms with Crippen molar-refractivity contribution in [3.63, 3.8) is 0 Å². The van der Waals surface area contributed by atoms with Crippen molar-refractivity contribution in [1.29, 1.82) is 0 Å². The first-order valence-electron chi connectivity index (χ1n) is 7.23. The second-order valence-corrected chi connectivity index (χ2v) is 5.95. The SMILES string of the molecule is CCC(=O)/C=C(C)/C=C/CC(C)CCC(C)(C)OC. The van der Waals surface area contributed by atoms with E-state index in [4.69, 9.17) is 4.74 Å². The first kappa shape index (κ1) is 18.1. The van der Waals surface area contributed by atoms with Gasteiger partial charge in [0.05, 0.1) is 5.60 Å².